The normalized spacial score (nSPS) is 11.9. The average Bonchev–Trinajstić information content (AvgIpc) is 2.34. The molecular formula is C12H19N3O3S. The van der Waals surface area contributed by atoms with Crippen LogP contribution in [0, 0.1) is 6.92 Å². The molecule has 0 aliphatic rings. The van der Waals surface area contributed by atoms with Crippen molar-refractivity contribution in [3.8, 4) is 0 Å². The fourth-order valence-corrected chi connectivity index (χ4v) is 1.99. The summed E-state index contributed by atoms with van der Waals surface area (Å²) in [5.41, 5.74) is 0.956. The molecule has 1 heterocycles. The van der Waals surface area contributed by atoms with Gasteiger partial charge in [0.2, 0.25) is 5.95 Å². The number of aromatic nitrogens is 2. The van der Waals surface area contributed by atoms with Gasteiger partial charge in [-0.05, 0) is 20.3 Å². The number of carbonyl (C=O) groups excluding carboxylic acids is 1. The van der Waals surface area contributed by atoms with E-state index in [9.17, 15) is 9.00 Å². The third-order valence-corrected chi connectivity index (χ3v) is 3.23. The van der Waals surface area contributed by atoms with Gasteiger partial charge in [0.15, 0.2) is 0 Å². The Bertz CT molecular complexity index is 466. The van der Waals surface area contributed by atoms with Gasteiger partial charge in [0, 0.05) is 35.5 Å². The van der Waals surface area contributed by atoms with E-state index < -0.39 is 16.8 Å². The third-order valence-electron chi connectivity index (χ3n) is 2.37. The van der Waals surface area contributed by atoms with Gasteiger partial charge < -0.3 is 10.1 Å². The van der Waals surface area contributed by atoms with E-state index in [0.717, 1.165) is 6.42 Å². The summed E-state index contributed by atoms with van der Waals surface area (Å²) in [5, 5.41) is 3.03. The van der Waals surface area contributed by atoms with Gasteiger partial charge in [-0.2, -0.15) is 0 Å². The van der Waals surface area contributed by atoms with Crippen molar-refractivity contribution in [2.45, 2.75) is 20.3 Å². The molecule has 0 aliphatic heterocycles. The van der Waals surface area contributed by atoms with Crippen molar-refractivity contribution in [1.29, 1.82) is 0 Å². The van der Waals surface area contributed by atoms with Crippen LogP contribution in [0.15, 0.2) is 6.20 Å². The number of esters is 1. The average molecular weight is 285 g/mol. The highest BCUT2D eigenvalue weighted by atomic mass is 32.2. The first-order valence-corrected chi connectivity index (χ1v) is 7.82. The van der Waals surface area contributed by atoms with Crippen LogP contribution >= 0.6 is 0 Å². The first-order valence-electron chi connectivity index (χ1n) is 6.09. The van der Waals surface area contributed by atoms with Gasteiger partial charge in [0.25, 0.3) is 0 Å². The van der Waals surface area contributed by atoms with E-state index in [1.165, 1.54) is 6.20 Å². The van der Waals surface area contributed by atoms with Crippen molar-refractivity contribution >= 4 is 22.7 Å². The highest BCUT2D eigenvalue weighted by Crippen LogP contribution is 2.08. The fraction of sp³-hybridized carbons (Fsp3) is 0.583. The number of hydrogen-bond donors (Lipinski definition) is 1. The Kier molecular flexibility index (Phi) is 6.41. The molecule has 1 unspecified atom stereocenters. The maximum Gasteiger partial charge on any atom is 0.341 e. The van der Waals surface area contributed by atoms with E-state index in [-0.39, 0.29) is 0 Å². The van der Waals surface area contributed by atoms with Crippen molar-refractivity contribution in [3.05, 3.63) is 17.5 Å². The molecule has 7 heteroatoms. The smallest absolute Gasteiger partial charge is 0.341 e. The van der Waals surface area contributed by atoms with E-state index in [1.54, 1.807) is 20.1 Å². The van der Waals surface area contributed by atoms with Gasteiger partial charge >= 0.3 is 5.97 Å². The Hall–Kier alpha value is -1.50. The lowest BCUT2D eigenvalue weighted by Gasteiger charge is -2.07. The summed E-state index contributed by atoms with van der Waals surface area (Å²) in [7, 11) is -0.782. The maximum absolute atomic E-state index is 11.6. The summed E-state index contributed by atoms with van der Waals surface area (Å²) in [6, 6.07) is 0. The quantitative estimate of drug-likeness (QED) is 0.597. The third kappa shape index (κ3) is 5.34. The van der Waals surface area contributed by atoms with Crippen LogP contribution in [-0.2, 0) is 15.5 Å². The minimum Gasteiger partial charge on any atom is -0.462 e. The van der Waals surface area contributed by atoms with Crippen molar-refractivity contribution < 1.29 is 13.7 Å². The van der Waals surface area contributed by atoms with Crippen LogP contribution in [0.4, 0.5) is 5.95 Å². The molecule has 1 rings (SSSR count). The largest absolute Gasteiger partial charge is 0.462 e. The van der Waals surface area contributed by atoms with Gasteiger partial charge in [-0.1, -0.05) is 0 Å². The van der Waals surface area contributed by atoms with Crippen LogP contribution in [0.3, 0.4) is 0 Å². The molecule has 0 aromatic carbocycles. The number of anilines is 1. The summed E-state index contributed by atoms with van der Waals surface area (Å²) in [4.78, 5) is 19.8. The van der Waals surface area contributed by atoms with E-state index in [0.29, 0.717) is 36.1 Å². The van der Waals surface area contributed by atoms with Crippen LogP contribution < -0.4 is 5.32 Å². The number of ether oxygens (including phenoxy) is 1. The molecule has 1 atom stereocenters. The molecule has 0 saturated carbocycles. The van der Waals surface area contributed by atoms with Gasteiger partial charge in [-0.3, -0.25) is 4.21 Å². The van der Waals surface area contributed by atoms with Crippen molar-refractivity contribution in [3.63, 3.8) is 0 Å². The number of hydrogen-bond acceptors (Lipinski definition) is 6. The number of nitrogens with zero attached hydrogens (tertiary/aromatic N) is 2. The zero-order chi connectivity index (χ0) is 14.3. The number of aryl methyl sites for hydroxylation is 1. The molecule has 0 bridgehead atoms. The van der Waals surface area contributed by atoms with Crippen LogP contribution in [-0.4, -0.2) is 45.3 Å². The van der Waals surface area contributed by atoms with Gasteiger partial charge in [0.05, 0.1) is 17.9 Å². The fourth-order valence-electron chi connectivity index (χ4n) is 1.44. The molecule has 106 valence electrons. The van der Waals surface area contributed by atoms with Crippen molar-refractivity contribution in [2.24, 2.45) is 0 Å². The molecule has 1 N–H and O–H groups in total. The predicted molar refractivity (Wildman–Crippen MR) is 74.8 cm³/mol. The van der Waals surface area contributed by atoms with E-state index in [1.807, 2.05) is 0 Å². The monoisotopic (exact) mass is 285 g/mol. The lowest BCUT2D eigenvalue weighted by Crippen LogP contribution is -2.12. The minimum atomic E-state index is -0.782. The summed E-state index contributed by atoms with van der Waals surface area (Å²) in [5.74, 6) is 0.702. The minimum absolute atomic E-state index is 0.326. The van der Waals surface area contributed by atoms with E-state index in [4.69, 9.17) is 4.74 Å². The molecular weight excluding hydrogens is 266 g/mol. The Morgan fingerprint density at radius 3 is 2.84 bits per heavy atom. The molecule has 19 heavy (non-hydrogen) atoms. The number of rotatable bonds is 7. The lowest BCUT2D eigenvalue weighted by molar-refractivity contribution is 0.0524. The van der Waals surface area contributed by atoms with Crippen LogP contribution in [0.25, 0.3) is 0 Å². The lowest BCUT2D eigenvalue weighted by atomic mass is 10.2. The predicted octanol–water partition coefficient (Wildman–Crippen LogP) is 1.14. The Balaban J connectivity index is 2.56. The number of carbonyl (C=O) groups is 1. The van der Waals surface area contributed by atoms with Crippen molar-refractivity contribution in [2.75, 3.05) is 30.5 Å². The molecule has 0 saturated heterocycles. The summed E-state index contributed by atoms with van der Waals surface area (Å²) < 4.78 is 15.8. The highest BCUT2D eigenvalue weighted by Gasteiger charge is 2.12. The molecule has 1 aromatic rings. The molecule has 0 aliphatic carbocycles. The summed E-state index contributed by atoms with van der Waals surface area (Å²) >= 11 is 0. The number of nitrogens with one attached hydrogen (secondary N) is 1. The molecule has 1 aromatic heterocycles. The summed E-state index contributed by atoms with van der Waals surface area (Å²) in [6.07, 6.45) is 3.92. The SMILES string of the molecule is CCOC(=O)c1cnc(NCCCS(C)=O)nc1C. The van der Waals surface area contributed by atoms with Crippen LogP contribution in [0.5, 0.6) is 0 Å². The Morgan fingerprint density at radius 1 is 1.53 bits per heavy atom. The first-order chi connectivity index (χ1) is 9.04. The zero-order valence-corrected chi connectivity index (χ0v) is 12.2. The van der Waals surface area contributed by atoms with E-state index in [2.05, 4.69) is 15.3 Å². The van der Waals surface area contributed by atoms with Gasteiger partial charge in [-0.25, -0.2) is 14.8 Å². The maximum atomic E-state index is 11.6. The second-order valence-corrected chi connectivity index (χ2v) is 5.53. The molecule has 6 nitrogen and oxygen atoms in total. The first kappa shape index (κ1) is 15.6. The van der Waals surface area contributed by atoms with Gasteiger partial charge in [0.1, 0.15) is 0 Å². The molecule has 0 amide bonds. The van der Waals surface area contributed by atoms with Crippen LogP contribution in [0.2, 0.25) is 0 Å². The molecule has 0 fully saturated rings. The standard InChI is InChI=1S/C12H19N3O3S/c1-4-18-11(16)10-8-14-12(15-9(10)2)13-6-5-7-19(3)17/h8H,4-7H2,1-3H3,(H,13,14,15). The molecule has 0 radical (unpaired) electrons. The topological polar surface area (TPSA) is 81.2 Å². The summed E-state index contributed by atoms with van der Waals surface area (Å²) in [6.45, 7) is 4.46. The zero-order valence-electron chi connectivity index (χ0n) is 11.4. The second kappa shape index (κ2) is 7.83. The Labute approximate surface area is 115 Å². The second-order valence-electron chi connectivity index (χ2n) is 3.97. The van der Waals surface area contributed by atoms with Crippen LogP contribution in [0.1, 0.15) is 29.4 Å². The highest BCUT2D eigenvalue weighted by molar-refractivity contribution is 7.84. The molecule has 0 spiro atoms. The van der Waals surface area contributed by atoms with Crippen molar-refractivity contribution in [1.82, 2.24) is 9.97 Å². The Morgan fingerprint density at radius 2 is 2.26 bits per heavy atom. The van der Waals surface area contributed by atoms with E-state index >= 15 is 0 Å². The van der Waals surface area contributed by atoms with Gasteiger partial charge in [-0.15, -0.1) is 0 Å².